The molecule has 0 unspecified atom stereocenters. The van der Waals surface area contributed by atoms with Crippen molar-refractivity contribution in [1.29, 1.82) is 0 Å². The predicted molar refractivity (Wildman–Crippen MR) is 77.3 cm³/mol. The fourth-order valence-corrected chi connectivity index (χ4v) is 1.91. The first-order valence-corrected chi connectivity index (χ1v) is 6.19. The number of hydrogen-bond donors (Lipinski definition) is 2. The molecule has 0 aliphatic heterocycles. The summed E-state index contributed by atoms with van der Waals surface area (Å²) in [7, 11) is 0. The zero-order valence-corrected chi connectivity index (χ0v) is 11.3. The standard InChI is InChI=1S/C16H15NO3/c1-10-6-7-11(2)14(8-10)15(18)17-13-5-3-4-12(9-13)16(19)20/h3-9H,1-2H3,(H,17,18)(H,19,20). The average Bonchev–Trinajstić information content (AvgIpc) is 2.41. The Labute approximate surface area is 117 Å². The third-order valence-corrected chi connectivity index (χ3v) is 3.01. The molecule has 0 aliphatic rings. The van der Waals surface area contributed by atoms with Crippen LogP contribution in [0.5, 0.6) is 0 Å². The first-order valence-electron chi connectivity index (χ1n) is 6.19. The van der Waals surface area contributed by atoms with Gasteiger partial charge in [-0.25, -0.2) is 4.79 Å². The molecule has 102 valence electrons. The van der Waals surface area contributed by atoms with Crippen LogP contribution in [0.3, 0.4) is 0 Å². The van der Waals surface area contributed by atoms with Gasteiger partial charge in [0.2, 0.25) is 0 Å². The molecule has 20 heavy (non-hydrogen) atoms. The van der Waals surface area contributed by atoms with E-state index in [4.69, 9.17) is 5.11 Å². The highest BCUT2D eigenvalue weighted by atomic mass is 16.4. The third-order valence-electron chi connectivity index (χ3n) is 3.01. The summed E-state index contributed by atoms with van der Waals surface area (Å²) in [5.41, 5.74) is 3.08. The van der Waals surface area contributed by atoms with Gasteiger partial charge in [-0.3, -0.25) is 4.79 Å². The molecular formula is C16H15NO3. The van der Waals surface area contributed by atoms with Gasteiger partial charge in [0.1, 0.15) is 0 Å². The van der Waals surface area contributed by atoms with Gasteiger partial charge < -0.3 is 10.4 Å². The number of carbonyl (C=O) groups is 2. The number of nitrogens with one attached hydrogen (secondary N) is 1. The summed E-state index contributed by atoms with van der Waals surface area (Å²) in [6, 6.07) is 11.8. The molecule has 0 saturated heterocycles. The van der Waals surface area contributed by atoms with Gasteiger partial charge in [-0.2, -0.15) is 0 Å². The zero-order chi connectivity index (χ0) is 14.7. The van der Waals surface area contributed by atoms with Crippen molar-refractivity contribution in [3.63, 3.8) is 0 Å². The van der Waals surface area contributed by atoms with Crippen molar-refractivity contribution in [3.8, 4) is 0 Å². The van der Waals surface area contributed by atoms with Gasteiger partial charge in [0.15, 0.2) is 0 Å². The molecule has 0 aliphatic carbocycles. The van der Waals surface area contributed by atoms with E-state index in [1.54, 1.807) is 12.1 Å². The number of aromatic carboxylic acids is 1. The van der Waals surface area contributed by atoms with E-state index in [1.165, 1.54) is 12.1 Å². The Hall–Kier alpha value is -2.62. The van der Waals surface area contributed by atoms with Gasteiger partial charge in [-0.1, -0.05) is 23.8 Å². The molecule has 2 N–H and O–H groups in total. The highest BCUT2D eigenvalue weighted by molar-refractivity contribution is 6.05. The number of carbonyl (C=O) groups excluding carboxylic acids is 1. The molecule has 2 aromatic carbocycles. The Morgan fingerprint density at radius 2 is 1.80 bits per heavy atom. The van der Waals surface area contributed by atoms with Crippen molar-refractivity contribution < 1.29 is 14.7 Å². The summed E-state index contributed by atoms with van der Waals surface area (Å²) in [5.74, 6) is -1.26. The zero-order valence-electron chi connectivity index (χ0n) is 11.3. The summed E-state index contributed by atoms with van der Waals surface area (Å²) in [6.07, 6.45) is 0. The van der Waals surface area contributed by atoms with Crippen LogP contribution in [-0.2, 0) is 0 Å². The molecule has 0 fully saturated rings. The first kappa shape index (κ1) is 13.8. The topological polar surface area (TPSA) is 66.4 Å². The van der Waals surface area contributed by atoms with Gasteiger partial charge in [0.25, 0.3) is 5.91 Å². The minimum absolute atomic E-state index is 0.142. The lowest BCUT2D eigenvalue weighted by Gasteiger charge is -2.09. The maximum atomic E-state index is 12.2. The maximum Gasteiger partial charge on any atom is 0.335 e. The predicted octanol–water partition coefficient (Wildman–Crippen LogP) is 3.25. The average molecular weight is 269 g/mol. The molecule has 0 saturated carbocycles. The van der Waals surface area contributed by atoms with Crippen LogP contribution in [0.25, 0.3) is 0 Å². The number of anilines is 1. The normalized spacial score (nSPS) is 10.1. The van der Waals surface area contributed by atoms with Crippen LogP contribution < -0.4 is 5.32 Å². The minimum atomic E-state index is -1.02. The number of benzene rings is 2. The van der Waals surface area contributed by atoms with Crippen LogP contribution >= 0.6 is 0 Å². The summed E-state index contributed by atoms with van der Waals surface area (Å²) in [5, 5.41) is 11.6. The highest BCUT2D eigenvalue weighted by Crippen LogP contribution is 2.15. The fraction of sp³-hybridized carbons (Fsp3) is 0.125. The molecule has 2 aromatic rings. The lowest BCUT2D eigenvalue weighted by Crippen LogP contribution is -2.14. The molecule has 1 amide bonds. The molecule has 0 bridgehead atoms. The summed E-state index contributed by atoms with van der Waals surface area (Å²) >= 11 is 0. The second-order valence-corrected chi connectivity index (χ2v) is 4.66. The van der Waals surface area contributed by atoms with Crippen molar-refractivity contribution in [2.75, 3.05) is 5.32 Å². The Bertz CT molecular complexity index is 677. The van der Waals surface area contributed by atoms with Crippen LogP contribution in [0, 0.1) is 13.8 Å². The van der Waals surface area contributed by atoms with Gasteiger partial charge in [-0.05, 0) is 43.7 Å². The van der Waals surface area contributed by atoms with E-state index in [2.05, 4.69) is 5.32 Å². The lowest BCUT2D eigenvalue weighted by atomic mass is 10.0. The van der Waals surface area contributed by atoms with E-state index in [9.17, 15) is 9.59 Å². The number of hydrogen-bond acceptors (Lipinski definition) is 2. The Morgan fingerprint density at radius 3 is 2.50 bits per heavy atom. The van der Waals surface area contributed by atoms with Crippen molar-refractivity contribution in [2.24, 2.45) is 0 Å². The van der Waals surface area contributed by atoms with Crippen molar-refractivity contribution in [1.82, 2.24) is 0 Å². The fourth-order valence-electron chi connectivity index (χ4n) is 1.91. The first-order chi connectivity index (χ1) is 9.47. The van der Waals surface area contributed by atoms with Crippen molar-refractivity contribution >= 4 is 17.6 Å². The monoisotopic (exact) mass is 269 g/mol. The SMILES string of the molecule is Cc1ccc(C)c(C(=O)Nc2cccc(C(=O)O)c2)c1. The number of carboxylic acids is 1. The van der Waals surface area contributed by atoms with E-state index in [-0.39, 0.29) is 11.5 Å². The number of carboxylic acid groups (broad SMARTS) is 1. The van der Waals surface area contributed by atoms with Gasteiger partial charge in [0, 0.05) is 11.3 Å². The van der Waals surface area contributed by atoms with Crippen LogP contribution in [0.1, 0.15) is 31.8 Å². The molecular weight excluding hydrogens is 254 g/mol. The van der Waals surface area contributed by atoms with Crippen LogP contribution in [0.4, 0.5) is 5.69 Å². The largest absolute Gasteiger partial charge is 0.478 e. The van der Waals surface area contributed by atoms with E-state index in [0.717, 1.165) is 11.1 Å². The Balaban J connectivity index is 2.25. The molecule has 0 atom stereocenters. The highest BCUT2D eigenvalue weighted by Gasteiger charge is 2.10. The summed E-state index contributed by atoms with van der Waals surface area (Å²) < 4.78 is 0. The quantitative estimate of drug-likeness (QED) is 0.898. The molecule has 2 rings (SSSR count). The number of amides is 1. The Kier molecular flexibility index (Phi) is 3.84. The number of aryl methyl sites for hydroxylation is 2. The maximum absolute atomic E-state index is 12.2. The van der Waals surface area contributed by atoms with E-state index >= 15 is 0 Å². The Morgan fingerprint density at radius 1 is 1.05 bits per heavy atom. The van der Waals surface area contributed by atoms with Crippen LogP contribution in [0.2, 0.25) is 0 Å². The smallest absolute Gasteiger partial charge is 0.335 e. The molecule has 4 heteroatoms. The van der Waals surface area contributed by atoms with Crippen LogP contribution in [-0.4, -0.2) is 17.0 Å². The number of rotatable bonds is 3. The van der Waals surface area contributed by atoms with Gasteiger partial charge >= 0.3 is 5.97 Å². The van der Waals surface area contributed by atoms with E-state index in [0.29, 0.717) is 11.3 Å². The van der Waals surface area contributed by atoms with E-state index in [1.807, 2.05) is 32.0 Å². The van der Waals surface area contributed by atoms with Crippen LogP contribution in [0.15, 0.2) is 42.5 Å². The second-order valence-electron chi connectivity index (χ2n) is 4.66. The minimum Gasteiger partial charge on any atom is -0.478 e. The summed E-state index contributed by atoms with van der Waals surface area (Å²) in [6.45, 7) is 3.78. The van der Waals surface area contributed by atoms with Gasteiger partial charge in [0.05, 0.1) is 5.56 Å². The second kappa shape index (κ2) is 5.57. The van der Waals surface area contributed by atoms with E-state index < -0.39 is 5.97 Å². The third kappa shape index (κ3) is 3.03. The molecule has 0 spiro atoms. The molecule has 4 nitrogen and oxygen atoms in total. The van der Waals surface area contributed by atoms with Gasteiger partial charge in [-0.15, -0.1) is 0 Å². The molecule has 0 radical (unpaired) electrons. The molecule has 0 heterocycles. The molecule has 0 aromatic heterocycles. The van der Waals surface area contributed by atoms with Crippen molar-refractivity contribution in [3.05, 3.63) is 64.7 Å². The summed E-state index contributed by atoms with van der Waals surface area (Å²) in [4.78, 5) is 23.1. The van der Waals surface area contributed by atoms with Crippen molar-refractivity contribution in [2.45, 2.75) is 13.8 Å². The lowest BCUT2D eigenvalue weighted by molar-refractivity contribution is 0.0696.